The predicted octanol–water partition coefficient (Wildman–Crippen LogP) is 1.87. The molecule has 1 aliphatic rings. The Hall–Kier alpha value is -2.92. The number of hydrogen-bond donors (Lipinski definition) is 1. The van der Waals surface area contributed by atoms with Crippen LogP contribution in [0.25, 0.3) is 0 Å². The fraction of sp³-hybridized carbons (Fsp3) is 0.389. The third-order valence-corrected chi connectivity index (χ3v) is 4.50. The van der Waals surface area contributed by atoms with E-state index in [9.17, 15) is 14.9 Å². The highest BCUT2D eigenvalue weighted by Crippen LogP contribution is 2.35. The van der Waals surface area contributed by atoms with Gasteiger partial charge in [0.2, 0.25) is 5.91 Å². The number of piperazine rings is 1. The minimum absolute atomic E-state index is 0.0244. The number of hydrogen-bond acceptors (Lipinski definition) is 6. The fourth-order valence-electron chi connectivity index (χ4n) is 2.66. The quantitative estimate of drug-likeness (QED) is 0.607. The molecular weight excluding hydrogens is 372 g/mol. The van der Waals surface area contributed by atoms with E-state index < -0.39 is 5.91 Å². The van der Waals surface area contributed by atoms with E-state index in [0.717, 1.165) is 0 Å². The number of anilines is 1. The first-order valence-electron chi connectivity index (χ1n) is 8.24. The van der Waals surface area contributed by atoms with Crippen LogP contribution in [0.4, 0.5) is 5.69 Å². The Morgan fingerprint density at radius 2 is 1.74 bits per heavy atom. The number of nitriles is 1. The third kappa shape index (κ3) is 4.83. The summed E-state index contributed by atoms with van der Waals surface area (Å²) in [5.41, 5.74) is 0.447. The summed E-state index contributed by atoms with van der Waals surface area (Å²) in [4.78, 5) is 27.2. The molecule has 27 heavy (non-hydrogen) atoms. The summed E-state index contributed by atoms with van der Waals surface area (Å²) in [6, 6.07) is 5.10. The van der Waals surface area contributed by atoms with Crippen LogP contribution in [0.2, 0.25) is 5.02 Å². The Kier molecular flexibility index (Phi) is 6.91. The first-order chi connectivity index (χ1) is 12.9. The molecule has 0 radical (unpaired) electrons. The van der Waals surface area contributed by atoms with Gasteiger partial charge in [-0.2, -0.15) is 5.26 Å². The van der Waals surface area contributed by atoms with Crippen molar-refractivity contribution in [1.82, 2.24) is 9.80 Å². The average Bonchev–Trinajstić information content (AvgIpc) is 2.68. The maximum atomic E-state index is 12.6. The molecule has 144 valence electrons. The Bertz CT molecular complexity index is 795. The Morgan fingerprint density at radius 3 is 2.26 bits per heavy atom. The zero-order valence-corrected chi connectivity index (χ0v) is 16.2. The van der Waals surface area contributed by atoms with Gasteiger partial charge in [0.15, 0.2) is 0 Å². The molecule has 0 aliphatic carbocycles. The van der Waals surface area contributed by atoms with Gasteiger partial charge in [0, 0.05) is 51.4 Å². The molecule has 0 saturated carbocycles. The van der Waals surface area contributed by atoms with Crippen molar-refractivity contribution in [1.29, 1.82) is 5.26 Å². The monoisotopic (exact) mass is 392 g/mol. The molecule has 2 rings (SSSR count). The van der Waals surface area contributed by atoms with Gasteiger partial charge < -0.3 is 24.6 Å². The molecule has 1 fully saturated rings. The van der Waals surface area contributed by atoms with Gasteiger partial charge in [-0.3, -0.25) is 9.59 Å². The number of methoxy groups -OCH3 is 2. The largest absolute Gasteiger partial charge is 0.495 e. The summed E-state index contributed by atoms with van der Waals surface area (Å²) >= 11 is 6.07. The number of carbonyl (C=O) groups excluding carboxylic acids is 2. The minimum Gasteiger partial charge on any atom is -0.495 e. The number of ether oxygens (including phenoxy) is 2. The van der Waals surface area contributed by atoms with Crippen LogP contribution < -0.4 is 14.8 Å². The lowest BCUT2D eigenvalue weighted by Gasteiger charge is -2.34. The molecule has 1 heterocycles. The van der Waals surface area contributed by atoms with Crippen LogP contribution in [0.15, 0.2) is 23.9 Å². The highest BCUT2D eigenvalue weighted by atomic mass is 35.5. The number of amides is 2. The molecule has 0 spiro atoms. The standard InChI is InChI=1S/C18H21ClN4O4/c1-12(24)22-4-6-23(7-5-22)18(25)13(10-20)11-21-15-9-16(26-2)14(19)8-17(15)27-3/h8-9,11,21H,4-7H2,1-3H3/b13-11-. The number of nitrogens with zero attached hydrogens (tertiary/aromatic N) is 3. The van der Waals surface area contributed by atoms with Crippen molar-refractivity contribution in [2.75, 3.05) is 45.7 Å². The van der Waals surface area contributed by atoms with E-state index in [1.54, 1.807) is 21.9 Å². The normalized spacial score (nSPS) is 14.4. The number of benzene rings is 1. The van der Waals surface area contributed by atoms with Crippen LogP contribution in [0, 0.1) is 11.3 Å². The average molecular weight is 393 g/mol. The molecule has 1 saturated heterocycles. The zero-order valence-electron chi connectivity index (χ0n) is 15.4. The Morgan fingerprint density at radius 1 is 1.15 bits per heavy atom. The smallest absolute Gasteiger partial charge is 0.266 e. The van der Waals surface area contributed by atoms with Crippen LogP contribution >= 0.6 is 11.6 Å². The lowest BCUT2D eigenvalue weighted by molar-refractivity contribution is -0.136. The molecule has 0 atom stereocenters. The molecule has 9 heteroatoms. The maximum Gasteiger partial charge on any atom is 0.266 e. The van der Waals surface area contributed by atoms with Crippen LogP contribution in [-0.2, 0) is 9.59 Å². The van der Waals surface area contributed by atoms with Gasteiger partial charge in [0.25, 0.3) is 5.91 Å². The van der Waals surface area contributed by atoms with Gasteiger partial charge in [-0.05, 0) is 0 Å². The molecule has 1 aromatic rings. The van der Waals surface area contributed by atoms with E-state index >= 15 is 0 Å². The predicted molar refractivity (Wildman–Crippen MR) is 101 cm³/mol. The van der Waals surface area contributed by atoms with Crippen LogP contribution in [0.5, 0.6) is 11.5 Å². The minimum atomic E-state index is -0.395. The second kappa shape index (κ2) is 9.14. The molecule has 0 unspecified atom stereocenters. The fourth-order valence-corrected chi connectivity index (χ4v) is 2.89. The van der Waals surface area contributed by atoms with Crippen LogP contribution in [-0.4, -0.2) is 62.0 Å². The van der Waals surface area contributed by atoms with E-state index in [-0.39, 0.29) is 11.5 Å². The van der Waals surface area contributed by atoms with Gasteiger partial charge in [0.05, 0.1) is 24.9 Å². The number of nitrogens with one attached hydrogen (secondary N) is 1. The molecule has 8 nitrogen and oxygen atoms in total. The summed E-state index contributed by atoms with van der Waals surface area (Å²) in [5.74, 6) is 0.451. The van der Waals surface area contributed by atoms with Crippen molar-refractivity contribution in [3.63, 3.8) is 0 Å². The van der Waals surface area contributed by atoms with Crippen LogP contribution in [0.1, 0.15) is 6.92 Å². The van der Waals surface area contributed by atoms with Crippen molar-refractivity contribution in [2.45, 2.75) is 6.92 Å². The van der Waals surface area contributed by atoms with Crippen molar-refractivity contribution < 1.29 is 19.1 Å². The van der Waals surface area contributed by atoms with Crippen molar-refractivity contribution in [2.24, 2.45) is 0 Å². The molecule has 0 bridgehead atoms. The highest BCUT2D eigenvalue weighted by Gasteiger charge is 2.24. The number of carbonyl (C=O) groups is 2. The lowest BCUT2D eigenvalue weighted by Crippen LogP contribution is -2.50. The third-order valence-electron chi connectivity index (χ3n) is 4.21. The topological polar surface area (TPSA) is 94.9 Å². The first-order valence-corrected chi connectivity index (χ1v) is 8.62. The van der Waals surface area contributed by atoms with Crippen LogP contribution in [0.3, 0.4) is 0 Å². The van der Waals surface area contributed by atoms with E-state index in [0.29, 0.717) is 48.4 Å². The molecule has 2 amide bonds. The SMILES string of the molecule is COc1cc(N/C=C(/C#N)C(=O)N2CCN(C(C)=O)CC2)c(OC)cc1Cl. The molecule has 1 aliphatic heterocycles. The van der Waals surface area contributed by atoms with Gasteiger partial charge in [-0.1, -0.05) is 11.6 Å². The zero-order chi connectivity index (χ0) is 20.0. The van der Waals surface area contributed by atoms with Gasteiger partial charge in [-0.15, -0.1) is 0 Å². The second-order valence-electron chi connectivity index (χ2n) is 5.80. The van der Waals surface area contributed by atoms with E-state index in [2.05, 4.69) is 5.32 Å². The maximum absolute atomic E-state index is 12.6. The van der Waals surface area contributed by atoms with Crippen molar-refractivity contribution in [3.8, 4) is 17.6 Å². The summed E-state index contributed by atoms with van der Waals surface area (Å²) in [5, 5.41) is 12.7. The summed E-state index contributed by atoms with van der Waals surface area (Å²) in [6.07, 6.45) is 1.32. The van der Waals surface area contributed by atoms with Gasteiger partial charge >= 0.3 is 0 Å². The molecule has 1 N–H and O–H groups in total. The van der Waals surface area contributed by atoms with E-state index in [1.165, 1.54) is 27.3 Å². The van der Waals surface area contributed by atoms with Crippen molar-refractivity contribution >= 4 is 29.1 Å². The highest BCUT2D eigenvalue weighted by molar-refractivity contribution is 6.32. The Labute approximate surface area is 162 Å². The molecule has 0 aromatic heterocycles. The molecule has 1 aromatic carbocycles. The molecular formula is C18H21ClN4O4. The number of halogens is 1. The Balaban J connectivity index is 2.14. The summed E-state index contributed by atoms with van der Waals surface area (Å²) in [6.45, 7) is 3.17. The summed E-state index contributed by atoms with van der Waals surface area (Å²) in [7, 11) is 2.97. The van der Waals surface area contributed by atoms with Gasteiger partial charge in [-0.25, -0.2) is 0 Å². The van der Waals surface area contributed by atoms with E-state index in [4.69, 9.17) is 21.1 Å². The second-order valence-corrected chi connectivity index (χ2v) is 6.21. The van der Waals surface area contributed by atoms with Crippen molar-refractivity contribution in [3.05, 3.63) is 28.9 Å². The summed E-state index contributed by atoms with van der Waals surface area (Å²) < 4.78 is 10.4. The first kappa shape index (κ1) is 20.4. The van der Waals surface area contributed by atoms with Gasteiger partial charge in [0.1, 0.15) is 23.1 Å². The lowest BCUT2D eigenvalue weighted by atomic mass is 10.2. The number of rotatable bonds is 5. The van der Waals surface area contributed by atoms with E-state index in [1.807, 2.05) is 6.07 Å².